The summed E-state index contributed by atoms with van der Waals surface area (Å²) in [6.45, 7) is 8.44. The molecular weight excluding hydrogens is 732 g/mol. The first-order valence-corrected chi connectivity index (χ1v) is 19.6. The van der Waals surface area contributed by atoms with E-state index in [1.807, 2.05) is 50.8 Å². The number of nitrogens with one attached hydrogen (secondary N) is 3. The summed E-state index contributed by atoms with van der Waals surface area (Å²) in [5.41, 5.74) is 5.87. The van der Waals surface area contributed by atoms with Crippen LogP contribution < -0.4 is 5.32 Å². The van der Waals surface area contributed by atoms with E-state index in [1.165, 1.54) is 20.2 Å². The lowest BCUT2D eigenvalue weighted by Gasteiger charge is -2.33. The Bertz CT molecular complexity index is 2290. The molecule has 2 fully saturated rings. The first kappa shape index (κ1) is 39.3. The monoisotopic (exact) mass is 780 g/mol. The van der Waals surface area contributed by atoms with E-state index in [4.69, 9.17) is 9.72 Å². The number of amides is 4. The van der Waals surface area contributed by atoms with Gasteiger partial charge in [0.2, 0.25) is 11.8 Å². The number of nitrogens with zero attached hydrogens (tertiary/aromatic N) is 5. The van der Waals surface area contributed by atoms with Crippen molar-refractivity contribution in [2.24, 2.45) is 11.8 Å². The van der Waals surface area contributed by atoms with Gasteiger partial charge in [-0.2, -0.15) is 0 Å². The topological polar surface area (TPSA) is 177 Å². The highest BCUT2D eigenvalue weighted by Crippen LogP contribution is 2.38. The normalized spacial score (nSPS) is 18.5. The molecule has 2 aromatic heterocycles. The number of ether oxygens (including phenoxy) is 1. The molecule has 0 radical (unpaired) electrons. The number of hydrogen-bond donors (Lipinski definition) is 4. The largest absolute Gasteiger partial charge is 0.465 e. The molecule has 2 saturated heterocycles. The smallest absolute Gasteiger partial charge is 0.407 e. The highest BCUT2D eigenvalue weighted by molar-refractivity contribution is 5.87. The molecule has 4 aromatic rings. The third-order valence-corrected chi connectivity index (χ3v) is 11.4. The molecule has 7 rings (SSSR count). The SMILES string of the molecule is COC(=O)N[C@H](C(=O)N1CCC[C@H]1c1nc2c([nH]1)-c1ccc(C#Cc3cc(F)c4nc([C@@H]5CCCN5C(=O)[C@H](C(C)C)N(C)C(=O)O)[nH]c4c3)cc1CC2)C(C)C. The zero-order chi connectivity index (χ0) is 40.7. The number of aryl methyl sites for hydroxylation is 2. The average Bonchev–Trinajstić information content (AvgIpc) is 4.00. The molecule has 14 nitrogen and oxygen atoms in total. The van der Waals surface area contributed by atoms with E-state index < -0.39 is 36.1 Å². The Morgan fingerprint density at radius 2 is 1.58 bits per heavy atom. The lowest BCUT2D eigenvalue weighted by molar-refractivity contribution is -0.138. The molecule has 3 aliphatic rings. The van der Waals surface area contributed by atoms with Crippen LogP contribution in [-0.2, 0) is 27.2 Å². The fourth-order valence-electron chi connectivity index (χ4n) is 8.53. The van der Waals surface area contributed by atoms with Gasteiger partial charge in [-0.15, -0.1) is 0 Å². The van der Waals surface area contributed by atoms with Gasteiger partial charge in [0.15, 0.2) is 5.82 Å². The van der Waals surface area contributed by atoms with Crippen molar-refractivity contribution in [2.45, 2.75) is 90.4 Å². The van der Waals surface area contributed by atoms with Gasteiger partial charge < -0.3 is 34.9 Å². The summed E-state index contributed by atoms with van der Waals surface area (Å²) in [4.78, 5) is 71.8. The molecule has 0 saturated carbocycles. The minimum Gasteiger partial charge on any atom is -0.465 e. The Balaban J connectivity index is 1.09. The molecule has 1 aliphatic carbocycles. The summed E-state index contributed by atoms with van der Waals surface area (Å²) in [5.74, 6) is 6.15. The van der Waals surface area contributed by atoms with E-state index >= 15 is 4.39 Å². The molecule has 0 unspecified atom stereocenters. The lowest BCUT2D eigenvalue weighted by atomic mass is 9.91. The van der Waals surface area contributed by atoms with Crippen LogP contribution in [0.2, 0.25) is 0 Å². The van der Waals surface area contributed by atoms with Gasteiger partial charge in [0.05, 0.1) is 36.1 Å². The van der Waals surface area contributed by atoms with Crippen molar-refractivity contribution in [3.05, 3.63) is 70.2 Å². The van der Waals surface area contributed by atoms with Gasteiger partial charge in [-0.3, -0.25) is 14.5 Å². The molecule has 2 aromatic carbocycles. The van der Waals surface area contributed by atoms with Crippen LogP contribution in [0, 0.1) is 29.5 Å². The van der Waals surface area contributed by atoms with Crippen LogP contribution in [0.5, 0.6) is 0 Å². The molecule has 4 N–H and O–H groups in total. The van der Waals surface area contributed by atoms with Crippen molar-refractivity contribution >= 4 is 35.0 Å². The second kappa shape index (κ2) is 15.9. The molecule has 4 atom stereocenters. The van der Waals surface area contributed by atoms with Crippen LogP contribution in [-0.4, -0.2) is 103 Å². The molecule has 0 spiro atoms. The van der Waals surface area contributed by atoms with E-state index in [1.54, 1.807) is 11.0 Å². The van der Waals surface area contributed by atoms with Crippen LogP contribution in [0.4, 0.5) is 14.0 Å². The van der Waals surface area contributed by atoms with Crippen molar-refractivity contribution in [3.8, 4) is 23.1 Å². The number of hydrogen-bond acceptors (Lipinski definition) is 7. The van der Waals surface area contributed by atoms with Gasteiger partial charge in [0.25, 0.3) is 0 Å². The van der Waals surface area contributed by atoms with Crippen molar-refractivity contribution in [1.29, 1.82) is 0 Å². The molecular formula is C42H49FN8O6. The summed E-state index contributed by atoms with van der Waals surface area (Å²) in [7, 11) is 2.68. The Kier molecular flexibility index (Phi) is 11.0. The number of likely N-dealkylation sites (N-methyl/N-ethyl adjacent to an activating group) is 1. The lowest BCUT2D eigenvalue weighted by Crippen LogP contribution is -2.51. The quantitative estimate of drug-likeness (QED) is 0.159. The number of alkyl carbamates (subject to hydrolysis) is 1. The van der Waals surface area contributed by atoms with E-state index in [0.29, 0.717) is 42.8 Å². The van der Waals surface area contributed by atoms with Gasteiger partial charge in [-0.1, -0.05) is 45.6 Å². The zero-order valence-electron chi connectivity index (χ0n) is 33.1. The second-order valence-corrected chi connectivity index (χ2v) is 15.9. The number of rotatable bonds is 8. The predicted molar refractivity (Wildman–Crippen MR) is 209 cm³/mol. The third kappa shape index (κ3) is 7.65. The number of aromatic amines is 2. The number of benzene rings is 2. The molecule has 15 heteroatoms. The second-order valence-electron chi connectivity index (χ2n) is 15.9. The first-order chi connectivity index (χ1) is 27.2. The van der Waals surface area contributed by atoms with Gasteiger partial charge in [0, 0.05) is 36.8 Å². The Labute approximate surface area is 330 Å². The number of imidazole rings is 2. The average molecular weight is 781 g/mol. The maximum Gasteiger partial charge on any atom is 0.407 e. The van der Waals surface area contributed by atoms with Crippen LogP contribution >= 0.6 is 0 Å². The van der Waals surface area contributed by atoms with Crippen molar-refractivity contribution in [3.63, 3.8) is 0 Å². The summed E-state index contributed by atoms with van der Waals surface area (Å²) < 4.78 is 20.3. The maximum absolute atomic E-state index is 15.5. The minimum atomic E-state index is -1.18. The zero-order valence-corrected chi connectivity index (χ0v) is 33.1. The number of aromatic nitrogens is 4. The van der Waals surface area contributed by atoms with Crippen molar-refractivity contribution < 1.29 is 33.4 Å². The number of fused-ring (bicyclic) bond motifs is 4. The third-order valence-electron chi connectivity index (χ3n) is 11.4. The molecule has 300 valence electrons. The summed E-state index contributed by atoms with van der Waals surface area (Å²) in [5, 5.41) is 12.3. The number of methoxy groups -OCH3 is 1. The molecule has 4 heterocycles. The fraction of sp³-hybridized carbons (Fsp3) is 0.476. The van der Waals surface area contributed by atoms with Gasteiger partial charge in [-0.05, 0) is 80.2 Å². The van der Waals surface area contributed by atoms with Gasteiger partial charge in [0.1, 0.15) is 29.2 Å². The fourth-order valence-corrected chi connectivity index (χ4v) is 8.53. The van der Waals surface area contributed by atoms with E-state index in [-0.39, 0.29) is 35.2 Å². The van der Waals surface area contributed by atoms with Crippen molar-refractivity contribution in [1.82, 2.24) is 40.0 Å². The standard InChI is InChI=1S/C42H49FN8O6/c1-22(2)33(48-41(54)57-6)39(52)50-17-7-9-31(50)37-44-29-16-14-26-19-24(13-15-27(26)34(29)46-37)11-12-25-20-28(43)35-30(21-25)45-38(47-35)32-10-8-18-51(32)40(53)36(23(3)4)49(5)42(55)56/h13,15,19-23,31-33,36H,7-10,14,16-18H2,1-6H3,(H,44,46)(H,45,47)(H,48,54)(H,55,56)/t31-,32-,33-,36-/m0/s1. The Morgan fingerprint density at radius 3 is 2.23 bits per heavy atom. The summed E-state index contributed by atoms with van der Waals surface area (Å²) in [6, 6.07) is 6.87. The van der Waals surface area contributed by atoms with E-state index in [0.717, 1.165) is 64.5 Å². The number of carbonyl (C=O) groups excluding carboxylic acids is 3. The molecule has 0 bridgehead atoms. The summed E-state index contributed by atoms with van der Waals surface area (Å²) >= 11 is 0. The first-order valence-electron chi connectivity index (χ1n) is 19.6. The number of H-pyrrole nitrogens is 2. The Morgan fingerprint density at radius 1 is 0.912 bits per heavy atom. The minimum absolute atomic E-state index is 0.127. The van der Waals surface area contributed by atoms with Crippen LogP contribution in [0.1, 0.15) is 99.5 Å². The van der Waals surface area contributed by atoms with Gasteiger partial charge in [-0.25, -0.2) is 23.9 Å². The van der Waals surface area contributed by atoms with Crippen LogP contribution in [0.15, 0.2) is 30.3 Å². The Hall–Kier alpha value is -5.91. The van der Waals surface area contributed by atoms with E-state index in [9.17, 15) is 24.3 Å². The molecule has 2 aliphatic heterocycles. The highest BCUT2D eigenvalue weighted by Gasteiger charge is 2.40. The number of halogens is 1. The number of carbonyl (C=O) groups is 4. The van der Waals surface area contributed by atoms with Crippen molar-refractivity contribution in [2.75, 3.05) is 27.2 Å². The van der Waals surface area contributed by atoms with Gasteiger partial charge >= 0.3 is 12.2 Å². The predicted octanol–water partition coefficient (Wildman–Crippen LogP) is 5.93. The summed E-state index contributed by atoms with van der Waals surface area (Å²) in [6.07, 6.45) is 2.59. The maximum atomic E-state index is 15.5. The van der Waals surface area contributed by atoms with E-state index in [2.05, 4.69) is 32.1 Å². The molecule has 57 heavy (non-hydrogen) atoms. The van der Waals surface area contributed by atoms with Crippen LogP contribution in [0.3, 0.4) is 0 Å². The van der Waals surface area contributed by atoms with Crippen LogP contribution in [0.25, 0.3) is 22.3 Å². The molecule has 4 amide bonds. The number of likely N-dealkylation sites (tertiary alicyclic amines) is 2. The highest BCUT2D eigenvalue weighted by atomic mass is 19.1. The number of carboxylic acid groups (broad SMARTS) is 1.